The van der Waals surface area contributed by atoms with Crippen molar-refractivity contribution < 1.29 is 14.4 Å². The number of carbonyl (C=O) groups is 3. The molecule has 1 aromatic rings. The topological polar surface area (TPSA) is 78.5 Å². The molecule has 0 saturated carbocycles. The Morgan fingerprint density at radius 3 is 2.18 bits per heavy atom. The molecule has 0 heterocycles. The third kappa shape index (κ3) is 3.94. The van der Waals surface area contributed by atoms with Gasteiger partial charge in [0, 0.05) is 19.7 Å². The first-order chi connectivity index (χ1) is 8.00. The summed E-state index contributed by atoms with van der Waals surface area (Å²) in [4.78, 5) is 34.3. The van der Waals surface area contributed by atoms with E-state index in [0.717, 1.165) is 4.90 Å². The Balaban J connectivity index is 2.59. The standard InChI is InChI=1S/C11H13N3O3/c1-8(15)12-10(16)14(2)11(17)13-9-6-4-3-5-7-9/h3-7H,1-2H3,(H,13,17)(H,12,15,16). The molecule has 1 rings (SSSR count). The summed E-state index contributed by atoms with van der Waals surface area (Å²) >= 11 is 0. The van der Waals surface area contributed by atoms with Crippen LogP contribution < -0.4 is 10.6 Å². The van der Waals surface area contributed by atoms with Crippen molar-refractivity contribution in [2.75, 3.05) is 12.4 Å². The maximum absolute atomic E-state index is 11.6. The zero-order chi connectivity index (χ0) is 12.8. The molecule has 17 heavy (non-hydrogen) atoms. The molecule has 0 spiro atoms. The highest BCUT2D eigenvalue weighted by molar-refractivity contribution is 6.04. The number of urea groups is 2. The highest BCUT2D eigenvalue weighted by atomic mass is 16.2. The summed E-state index contributed by atoms with van der Waals surface area (Å²) < 4.78 is 0. The number of amides is 5. The molecule has 0 aliphatic heterocycles. The first-order valence-corrected chi connectivity index (χ1v) is 4.92. The first kappa shape index (κ1) is 12.7. The number of nitrogens with zero attached hydrogens (tertiary/aromatic N) is 1. The summed E-state index contributed by atoms with van der Waals surface area (Å²) in [6.07, 6.45) is 0. The van der Waals surface area contributed by atoms with E-state index in [4.69, 9.17) is 0 Å². The first-order valence-electron chi connectivity index (χ1n) is 4.92. The normalized spacial score (nSPS) is 9.29. The van der Waals surface area contributed by atoms with E-state index in [1.807, 2.05) is 11.4 Å². The number of nitrogens with one attached hydrogen (secondary N) is 2. The van der Waals surface area contributed by atoms with Crippen LogP contribution in [0.1, 0.15) is 6.92 Å². The van der Waals surface area contributed by atoms with Crippen LogP contribution in [0.25, 0.3) is 0 Å². The largest absolute Gasteiger partial charge is 0.331 e. The molecule has 0 fully saturated rings. The van der Waals surface area contributed by atoms with Gasteiger partial charge >= 0.3 is 12.1 Å². The minimum Gasteiger partial charge on any atom is -0.307 e. The van der Waals surface area contributed by atoms with Gasteiger partial charge in [0.2, 0.25) is 5.91 Å². The second-order valence-electron chi connectivity index (χ2n) is 3.34. The lowest BCUT2D eigenvalue weighted by Crippen LogP contribution is -2.44. The lowest BCUT2D eigenvalue weighted by molar-refractivity contribution is -0.118. The lowest BCUT2D eigenvalue weighted by atomic mass is 10.3. The maximum atomic E-state index is 11.6. The highest BCUT2D eigenvalue weighted by Gasteiger charge is 2.17. The van der Waals surface area contributed by atoms with Gasteiger partial charge in [-0.25, -0.2) is 14.5 Å². The zero-order valence-electron chi connectivity index (χ0n) is 9.56. The molecule has 0 bridgehead atoms. The number of rotatable bonds is 1. The molecule has 0 atom stereocenters. The molecule has 5 amide bonds. The number of benzene rings is 1. The summed E-state index contributed by atoms with van der Waals surface area (Å²) in [6, 6.07) is 7.31. The van der Waals surface area contributed by atoms with E-state index in [1.165, 1.54) is 14.0 Å². The number of carbonyl (C=O) groups excluding carboxylic acids is 3. The van der Waals surface area contributed by atoms with E-state index in [9.17, 15) is 14.4 Å². The molecule has 6 nitrogen and oxygen atoms in total. The predicted octanol–water partition coefficient (Wildman–Crippen LogP) is 1.41. The second kappa shape index (κ2) is 5.64. The van der Waals surface area contributed by atoms with Crippen molar-refractivity contribution in [2.45, 2.75) is 6.92 Å². The van der Waals surface area contributed by atoms with E-state index in [-0.39, 0.29) is 0 Å². The Kier molecular flexibility index (Phi) is 4.21. The van der Waals surface area contributed by atoms with Crippen molar-refractivity contribution in [3.8, 4) is 0 Å². The van der Waals surface area contributed by atoms with Gasteiger partial charge in [-0.3, -0.25) is 10.1 Å². The third-order valence-corrected chi connectivity index (χ3v) is 1.92. The summed E-state index contributed by atoms with van der Waals surface area (Å²) in [7, 11) is 1.27. The average Bonchev–Trinajstić information content (AvgIpc) is 2.28. The quantitative estimate of drug-likeness (QED) is 0.772. The third-order valence-electron chi connectivity index (χ3n) is 1.92. The van der Waals surface area contributed by atoms with Crippen LogP contribution in [0.15, 0.2) is 30.3 Å². The van der Waals surface area contributed by atoms with E-state index in [1.54, 1.807) is 24.3 Å². The molecular weight excluding hydrogens is 222 g/mol. The molecule has 0 aliphatic carbocycles. The van der Waals surface area contributed by atoms with Crippen LogP contribution in [-0.2, 0) is 4.79 Å². The van der Waals surface area contributed by atoms with Gasteiger partial charge in [-0.15, -0.1) is 0 Å². The van der Waals surface area contributed by atoms with Crippen molar-refractivity contribution in [1.82, 2.24) is 10.2 Å². The van der Waals surface area contributed by atoms with Crippen molar-refractivity contribution in [3.63, 3.8) is 0 Å². The Hall–Kier alpha value is -2.37. The summed E-state index contributed by atoms with van der Waals surface area (Å²) in [5, 5.41) is 4.51. The van der Waals surface area contributed by atoms with Crippen molar-refractivity contribution >= 4 is 23.7 Å². The second-order valence-corrected chi connectivity index (χ2v) is 3.34. The number of anilines is 1. The fraction of sp³-hybridized carbons (Fsp3) is 0.182. The molecule has 0 aromatic heterocycles. The lowest BCUT2D eigenvalue weighted by Gasteiger charge is -2.15. The van der Waals surface area contributed by atoms with E-state index < -0.39 is 18.0 Å². The van der Waals surface area contributed by atoms with Crippen molar-refractivity contribution in [3.05, 3.63) is 30.3 Å². The number of imide groups is 2. The Morgan fingerprint density at radius 2 is 1.65 bits per heavy atom. The van der Waals surface area contributed by atoms with Crippen LogP contribution >= 0.6 is 0 Å². The summed E-state index contributed by atoms with van der Waals surface area (Å²) in [5.41, 5.74) is 0.569. The van der Waals surface area contributed by atoms with Gasteiger partial charge in [0.15, 0.2) is 0 Å². The maximum Gasteiger partial charge on any atom is 0.331 e. The summed E-state index contributed by atoms with van der Waals surface area (Å²) in [6.45, 7) is 1.20. The molecule has 2 N–H and O–H groups in total. The van der Waals surface area contributed by atoms with Crippen LogP contribution in [0.4, 0.5) is 15.3 Å². The minimum absolute atomic E-state index is 0.519. The van der Waals surface area contributed by atoms with Gasteiger partial charge in [0.25, 0.3) is 0 Å². The minimum atomic E-state index is -0.772. The molecule has 90 valence electrons. The fourth-order valence-corrected chi connectivity index (χ4v) is 1.06. The number of hydrogen-bond donors (Lipinski definition) is 2. The molecule has 0 unspecified atom stereocenters. The number of hydrogen-bond acceptors (Lipinski definition) is 3. The van der Waals surface area contributed by atoms with Gasteiger partial charge in [0.1, 0.15) is 0 Å². The van der Waals surface area contributed by atoms with Crippen LogP contribution in [0.5, 0.6) is 0 Å². The fourth-order valence-electron chi connectivity index (χ4n) is 1.06. The predicted molar refractivity (Wildman–Crippen MR) is 62.4 cm³/mol. The van der Waals surface area contributed by atoms with Gasteiger partial charge in [-0.2, -0.15) is 0 Å². The molecule has 0 radical (unpaired) electrons. The van der Waals surface area contributed by atoms with Crippen LogP contribution in [0.3, 0.4) is 0 Å². The van der Waals surface area contributed by atoms with E-state index in [2.05, 4.69) is 5.32 Å². The molecule has 1 aromatic carbocycles. The summed E-state index contributed by atoms with van der Waals surface area (Å²) in [5.74, 6) is -0.519. The highest BCUT2D eigenvalue weighted by Crippen LogP contribution is 2.05. The SMILES string of the molecule is CC(=O)NC(=O)N(C)C(=O)Nc1ccccc1. The smallest absolute Gasteiger partial charge is 0.307 e. The van der Waals surface area contributed by atoms with Crippen LogP contribution in [-0.4, -0.2) is 29.9 Å². The van der Waals surface area contributed by atoms with Crippen LogP contribution in [0.2, 0.25) is 0 Å². The van der Waals surface area contributed by atoms with Gasteiger partial charge in [-0.1, -0.05) is 18.2 Å². The molecule has 0 saturated heterocycles. The van der Waals surface area contributed by atoms with Gasteiger partial charge < -0.3 is 5.32 Å². The van der Waals surface area contributed by atoms with Crippen molar-refractivity contribution in [1.29, 1.82) is 0 Å². The molecule has 6 heteroatoms. The van der Waals surface area contributed by atoms with Crippen LogP contribution in [0, 0.1) is 0 Å². The Bertz CT molecular complexity index is 431. The van der Waals surface area contributed by atoms with Crippen molar-refractivity contribution in [2.24, 2.45) is 0 Å². The van der Waals surface area contributed by atoms with Gasteiger partial charge in [-0.05, 0) is 12.1 Å². The Labute approximate surface area is 98.6 Å². The Morgan fingerprint density at radius 1 is 1.06 bits per heavy atom. The van der Waals surface area contributed by atoms with E-state index in [0.29, 0.717) is 5.69 Å². The molecule has 0 aliphatic rings. The number of para-hydroxylation sites is 1. The average molecular weight is 235 g/mol. The molecular formula is C11H13N3O3. The van der Waals surface area contributed by atoms with E-state index >= 15 is 0 Å². The zero-order valence-corrected chi connectivity index (χ0v) is 9.56. The van der Waals surface area contributed by atoms with Gasteiger partial charge in [0.05, 0.1) is 0 Å². The monoisotopic (exact) mass is 235 g/mol.